The number of hydrogen-bond donors (Lipinski definition) is 0. The first kappa shape index (κ1) is 30.1. The van der Waals surface area contributed by atoms with Crippen molar-refractivity contribution in [2.24, 2.45) is 35.0 Å². The van der Waals surface area contributed by atoms with Crippen LogP contribution in [-0.4, -0.2) is 29.2 Å². The minimum Gasteiger partial charge on any atom is -0.362 e. The molecule has 2 aromatic carbocycles. The van der Waals surface area contributed by atoms with Crippen molar-refractivity contribution >= 4 is 28.3 Å². The Balaban J connectivity index is 1.09. The first-order valence-electron chi connectivity index (χ1n) is 16.2. The number of hydrogen-bond acceptors (Lipinski definition) is 5. The molecule has 0 aliphatic heterocycles. The maximum absolute atomic E-state index is 6.54. The van der Waals surface area contributed by atoms with Gasteiger partial charge in [0, 0.05) is 36.5 Å². The first-order chi connectivity index (χ1) is 20.6. The molecule has 5 nitrogen and oxygen atoms in total. The van der Waals surface area contributed by atoms with Gasteiger partial charge in [0.05, 0.1) is 10.5 Å². The Morgan fingerprint density at radius 2 is 1.65 bits per heavy atom. The average molecular weight is 599 g/mol. The van der Waals surface area contributed by atoms with Crippen molar-refractivity contribution in [1.82, 2.24) is 15.1 Å². The summed E-state index contributed by atoms with van der Waals surface area (Å²) in [6.45, 7) is 11.7. The maximum Gasteiger partial charge on any atom is 0.139 e. The second-order valence-electron chi connectivity index (χ2n) is 14.1. The average Bonchev–Trinajstić information content (AvgIpc) is 3.59. The molecule has 2 aliphatic rings. The van der Waals surface area contributed by atoms with Crippen molar-refractivity contribution < 1.29 is 4.52 Å². The summed E-state index contributed by atoms with van der Waals surface area (Å²) in [7, 11) is 4.15. The summed E-state index contributed by atoms with van der Waals surface area (Å²) in [5, 5.41) is 6.27. The smallest absolute Gasteiger partial charge is 0.139 e. The lowest BCUT2D eigenvalue weighted by molar-refractivity contribution is 0.157. The van der Waals surface area contributed by atoms with Crippen LogP contribution >= 0.6 is 11.6 Å². The largest absolute Gasteiger partial charge is 0.362 e. The van der Waals surface area contributed by atoms with Crippen LogP contribution in [0.5, 0.6) is 0 Å². The molecule has 6 rings (SSSR count). The Kier molecular flexibility index (Phi) is 8.32. The highest BCUT2D eigenvalue weighted by atomic mass is 35.5. The second-order valence-corrected chi connectivity index (χ2v) is 14.5. The Labute approximate surface area is 262 Å². The molecule has 4 aromatic rings. The van der Waals surface area contributed by atoms with Gasteiger partial charge in [-0.05, 0) is 98.7 Å². The standard InChI is InChI=1S/C37H47ClN4O/c1-22(20-30-26(5)43-41-34(30)28-12-8-10-14-32(28)38)23(2)31-21-37(31)18-16-27(17-19-37)24(3)25(4)35-39-33-15-11-9-13-29(33)36(40-35)42(6)7/h8-15,22-25,27,31H,16-21H2,1-7H3/t22?,23?,24?,25-,27?,31+,37?/m0/s1. The van der Waals surface area contributed by atoms with Crippen molar-refractivity contribution in [2.45, 2.75) is 79.1 Å². The fourth-order valence-electron chi connectivity index (χ4n) is 8.10. The van der Waals surface area contributed by atoms with E-state index in [0.717, 1.165) is 62.8 Å². The fourth-order valence-corrected chi connectivity index (χ4v) is 8.33. The molecule has 2 heterocycles. The molecule has 43 heavy (non-hydrogen) atoms. The quantitative estimate of drug-likeness (QED) is 0.192. The fraction of sp³-hybridized carbons (Fsp3) is 0.541. The zero-order valence-corrected chi connectivity index (χ0v) is 27.7. The van der Waals surface area contributed by atoms with E-state index >= 15 is 0 Å². The Morgan fingerprint density at radius 1 is 0.953 bits per heavy atom. The number of anilines is 1. The van der Waals surface area contributed by atoms with E-state index in [4.69, 9.17) is 26.1 Å². The third kappa shape index (κ3) is 5.70. The molecular formula is C37H47ClN4O. The molecule has 3 unspecified atom stereocenters. The van der Waals surface area contributed by atoms with Crippen LogP contribution in [-0.2, 0) is 6.42 Å². The van der Waals surface area contributed by atoms with Crippen LogP contribution in [0.1, 0.15) is 82.9 Å². The second kappa shape index (κ2) is 11.9. The van der Waals surface area contributed by atoms with Crippen molar-refractivity contribution in [1.29, 1.82) is 0 Å². The summed E-state index contributed by atoms with van der Waals surface area (Å²) in [6, 6.07) is 16.3. The predicted octanol–water partition coefficient (Wildman–Crippen LogP) is 9.76. The van der Waals surface area contributed by atoms with Gasteiger partial charge in [0.25, 0.3) is 0 Å². The van der Waals surface area contributed by atoms with E-state index in [-0.39, 0.29) is 0 Å². The van der Waals surface area contributed by atoms with Crippen LogP contribution < -0.4 is 4.90 Å². The number of nitrogens with zero attached hydrogens (tertiary/aromatic N) is 4. The lowest BCUT2D eigenvalue weighted by atomic mass is 9.69. The molecule has 2 saturated carbocycles. The molecule has 0 amide bonds. The summed E-state index contributed by atoms with van der Waals surface area (Å²) >= 11 is 6.54. The number of aryl methyl sites for hydroxylation is 1. The lowest BCUT2D eigenvalue weighted by Gasteiger charge is -2.36. The zero-order chi connectivity index (χ0) is 30.5. The van der Waals surface area contributed by atoms with Crippen LogP contribution in [0.4, 0.5) is 5.82 Å². The maximum atomic E-state index is 6.54. The van der Waals surface area contributed by atoms with Gasteiger partial charge in [-0.25, -0.2) is 9.97 Å². The predicted molar refractivity (Wildman–Crippen MR) is 178 cm³/mol. The summed E-state index contributed by atoms with van der Waals surface area (Å²) in [6.07, 6.45) is 7.71. The molecule has 2 aliphatic carbocycles. The summed E-state index contributed by atoms with van der Waals surface area (Å²) in [5.74, 6) is 6.56. The molecule has 0 bridgehead atoms. The summed E-state index contributed by atoms with van der Waals surface area (Å²) in [5.41, 5.74) is 4.67. The number of rotatable bonds is 9. The van der Waals surface area contributed by atoms with Gasteiger partial charge in [0.2, 0.25) is 0 Å². The molecular weight excluding hydrogens is 552 g/mol. The van der Waals surface area contributed by atoms with Crippen LogP contribution in [0.2, 0.25) is 5.02 Å². The molecule has 5 atom stereocenters. The van der Waals surface area contributed by atoms with Crippen LogP contribution in [0.25, 0.3) is 22.2 Å². The van der Waals surface area contributed by atoms with E-state index < -0.39 is 0 Å². The molecule has 0 saturated heterocycles. The highest BCUT2D eigenvalue weighted by Crippen LogP contribution is 2.66. The van der Waals surface area contributed by atoms with E-state index in [1.807, 2.05) is 31.2 Å². The molecule has 1 spiro atoms. The van der Waals surface area contributed by atoms with Crippen LogP contribution in [0.15, 0.2) is 53.1 Å². The third-order valence-electron chi connectivity index (χ3n) is 11.4. The molecule has 0 N–H and O–H groups in total. The summed E-state index contributed by atoms with van der Waals surface area (Å²) in [4.78, 5) is 12.2. The molecule has 2 fully saturated rings. The number of halogens is 1. The SMILES string of the molecule is Cc1onc(-c2ccccc2Cl)c1CC(C)C(C)[C@H]1CC12CCC(C(C)[C@H](C)c1nc(N(C)C)c3ccccc3n1)CC2. The van der Waals surface area contributed by atoms with E-state index in [0.29, 0.717) is 29.1 Å². The van der Waals surface area contributed by atoms with Crippen molar-refractivity contribution in [3.63, 3.8) is 0 Å². The molecule has 2 aromatic heterocycles. The van der Waals surface area contributed by atoms with Crippen molar-refractivity contribution in [2.75, 3.05) is 19.0 Å². The first-order valence-corrected chi connectivity index (χ1v) is 16.6. The zero-order valence-electron chi connectivity index (χ0n) is 26.9. The minimum absolute atomic E-state index is 0.329. The molecule has 228 valence electrons. The van der Waals surface area contributed by atoms with E-state index in [1.165, 1.54) is 37.7 Å². The number of aromatic nitrogens is 3. The van der Waals surface area contributed by atoms with Gasteiger partial charge in [-0.3, -0.25) is 0 Å². The van der Waals surface area contributed by atoms with Gasteiger partial charge in [0.15, 0.2) is 0 Å². The van der Waals surface area contributed by atoms with E-state index in [9.17, 15) is 0 Å². The third-order valence-corrected chi connectivity index (χ3v) is 11.7. The van der Waals surface area contributed by atoms with Gasteiger partial charge < -0.3 is 9.42 Å². The Bertz CT molecular complexity index is 1590. The molecule has 6 heteroatoms. The number of para-hydroxylation sites is 1. The summed E-state index contributed by atoms with van der Waals surface area (Å²) < 4.78 is 5.68. The Hall–Kier alpha value is -2.92. The van der Waals surface area contributed by atoms with Crippen molar-refractivity contribution in [3.8, 4) is 11.3 Å². The Morgan fingerprint density at radius 3 is 2.37 bits per heavy atom. The van der Waals surface area contributed by atoms with Gasteiger partial charge in [-0.1, -0.05) is 74.8 Å². The molecule has 0 radical (unpaired) electrons. The van der Waals surface area contributed by atoms with Gasteiger partial charge in [0.1, 0.15) is 23.1 Å². The van der Waals surface area contributed by atoms with E-state index in [2.05, 4.69) is 76.1 Å². The van der Waals surface area contributed by atoms with Gasteiger partial charge in [-0.15, -0.1) is 0 Å². The van der Waals surface area contributed by atoms with Crippen molar-refractivity contribution in [3.05, 3.63) is 70.7 Å². The van der Waals surface area contributed by atoms with Gasteiger partial charge in [-0.2, -0.15) is 0 Å². The monoisotopic (exact) mass is 598 g/mol. The number of fused-ring (bicyclic) bond motifs is 1. The highest BCUT2D eigenvalue weighted by molar-refractivity contribution is 6.33. The minimum atomic E-state index is 0.329. The highest BCUT2D eigenvalue weighted by Gasteiger charge is 2.57. The van der Waals surface area contributed by atoms with E-state index in [1.54, 1.807) is 0 Å². The lowest BCUT2D eigenvalue weighted by Crippen LogP contribution is -2.27. The number of benzene rings is 2. The van der Waals surface area contributed by atoms with Crippen LogP contribution in [0, 0.1) is 41.9 Å². The van der Waals surface area contributed by atoms with Gasteiger partial charge >= 0.3 is 0 Å². The van der Waals surface area contributed by atoms with Crippen LogP contribution in [0.3, 0.4) is 0 Å². The normalized spacial score (nSPS) is 24.6. The topological polar surface area (TPSA) is 55.1 Å².